The summed E-state index contributed by atoms with van der Waals surface area (Å²) in [5.41, 5.74) is 4.51. The van der Waals surface area contributed by atoms with Gasteiger partial charge in [0, 0.05) is 32.5 Å². The van der Waals surface area contributed by atoms with Crippen LogP contribution >= 0.6 is 23.4 Å². The second-order valence-electron chi connectivity index (χ2n) is 7.00. The van der Waals surface area contributed by atoms with Crippen molar-refractivity contribution in [2.24, 2.45) is 4.99 Å². The molecule has 0 aromatic heterocycles. The summed E-state index contributed by atoms with van der Waals surface area (Å²) in [6, 6.07) is 20.1. The second-order valence-corrected chi connectivity index (χ2v) is 8.45. The zero-order valence-electron chi connectivity index (χ0n) is 16.3. The standard InChI is InChI=1S/C24H19ClN2O2S/c1-15-6-4-9-19-21(28)13-18(26-23(15)19)14-30-22-11-3-2-10-20(22)27-24(29)16-7-5-8-17(25)12-16/h2-12H,13-14H2,1H3,(H,27,29). The summed E-state index contributed by atoms with van der Waals surface area (Å²) in [5, 5.41) is 3.46. The Morgan fingerprint density at radius 2 is 1.90 bits per heavy atom. The number of nitrogens with zero attached hydrogens (tertiary/aromatic N) is 1. The van der Waals surface area contributed by atoms with E-state index in [1.807, 2.05) is 49.4 Å². The Hall–Kier alpha value is -2.89. The molecule has 1 aliphatic rings. The highest BCUT2D eigenvalue weighted by Gasteiger charge is 2.21. The summed E-state index contributed by atoms with van der Waals surface area (Å²) in [5.74, 6) is 0.450. The maximum atomic E-state index is 12.6. The molecule has 0 saturated carbocycles. The summed E-state index contributed by atoms with van der Waals surface area (Å²) in [7, 11) is 0. The molecule has 0 aliphatic carbocycles. The van der Waals surface area contributed by atoms with Crippen LogP contribution in [-0.4, -0.2) is 23.2 Å². The van der Waals surface area contributed by atoms with Crippen molar-refractivity contribution >= 4 is 52.1 Å². The van der Waals surface area contributed by atoms with Gasteiger partial charge in [-0.05, 0) is 48.9 Å². The van der Waals surface area contributed by atoms with E-state index in [1.165, 1.54) is 0 Å². The van der Waals surface area contributed by atoms with Crippen LogP contribution in [0.15, 0.2) is 76.6 Å². The number of hydrogen-bond acceptors (Lipinski definition) is 4. The largest absolute Gasteiger partial charge is 0.321 e. The van der Waals surface area contributed by atoms with Gasteiger partial charge in [-0.2, -0.15) is 0 Å². The molecule has 0 bridgehead atoms. The molecular weight excluding hydrogens is 416 g/mol. The molecule has 1 aliphatic heterocycles. The first-order chi connectivity index (χ1) is 14.5. The van der Waals surface area contributed by atoms with Gasteiger partial charge in [-0.25, -0.2) is 0 Å². The average Bonchev–Trinajstić information content (AvgIpc) is 2.74. The molecular formula is C24H19ClN2O2S. The van der Waals surface area contributed by atoms with Crippen molar-refractivity contribution in [2.75, 3.05) is 11.1 Å². The molecule has 30 heavy (non-hydrogen) atoms. The molecule has 0 saturated heterocycles. The molecule has 0 unspecified atom stereocenters. The van der Waals surface area contributed by atoms with Gasteiger partial charge in [-0.15, -0.1) is 11.8 Å². The quantitative estimate of drug-likeness (QED) is 0.476. The number of hydrogen-bond donors (Lipinski definition) is 1. The highest BCUT2D eigenvalue weighted by molar-refractivity contribution is 8.00. The zero-order valence-corrected chi connectivity index (χ0v) is 17.9. The van der Waals surface area contributed by atoms with Crippen LogP contribution in [0.3, 0.4) is 0 Å². The molecule has 1 amide bonds. The molecule has 4 nitrogen and oxygen atoms in total. The molecule has 1 N–H and O–H groups in total. The second kappa shape index (κ2) is 8.86. The van der Waals surface area contributed by atoms with Crippen LogP contribution in [0.2, 0.25) is 5.02 Å². The van der Waals surface area contributed by atoms with Crippen molar-refractivity contribution in [1.29, 1.82) is 0 Å². The van der Waals surface area contributed by atoms with E-state index >= 15 is 0 Å². The van der Waals surface area contributed by atoms with Crippen molar-refractivity contribution in [3.8, 4) is 0 Å². The molecule has 0 fully saturated rings. The highest BCUT2D eigenvalue weighted by Crippen LogP contribution is 2.33. The first-order valence-electron chi connectivity index (χ1n) is 9.49. The Kier molecular flexibility index (Phi) is 6.02. The number of benzene rings is 3. The van der Waals surface area contributed by atoms with Crippen molar-refractivity contribution in [3.63, 3.8) is 0 Å². The molecule has 3 aromatic rings. The van der Waals surface area contributed by atoms with E-state index < -0.39 is 0 Å². The minimum Gasteiger partial charge on any atom is -0.321 e. The lowest BCUT2D eigenvalue weighted by Gasteiger charge is -2.17. The van der Waals surface area contributed by atoms with Crippen LogP contribution in [0.5, 0.6) is 0 Å². The van der Waals surface area contributed by atoms with Crippen LogP contribution in [0.1, 0.15) is 32.7 Å². The van der Waals surface area contributed by atoms with Crippen LogP contribution in [0, 0.1) is 6.92 Å². The number of para-hydroxylation sites is 2. The predicted molar refractivity (Wildman–Crippen MR) is 124 cm³/mol. The number of carbonyl (C=O) groups is 2. The normalized spacial score (nSPS) is 12.9. The third kappa shape index (κ3) is 4.48. The van der Waals surface area contributed by atoms with Gasteiger partial charge in [0.15, 0.2) is 5.78 Å². The Morgan fingerprint density at radius 1 is 1.10 bits per heavy atom. The molecule has 1 heterocycles. The zero-order chi connectivity index (χ0) is 21.1. The van der Waals surface area contributed by atoms with Gasteiger partial charge < -0.3 is 5.32 Å². The summed E-state index contributed by atoms with van der Waals surface area (Å²) in [6.07, 6.45) is 0.320. The first kappa shape index (κ1) is 20.4. The fourth-order valence-electron chi connectivity index (χ4n) is 3.27. The van der Waals surface area contributed by atoms with E-state index in [2.05, 4.69) is 5.32 Å². The van der Waals surface area contributed by atoms with E-state index in [9.17, 15) is 9.59 Å². The number of nitrogens with one attached hydrogen (secondary N) is 1. The lowest BCUT2D eigenvalue weighted by Crippen LogP contribution is -2.16. The smallest absolute Gasteiger partial charge is 0.255 e. The molecule has 0 radical (unpaired) electrons. The molecule has 0 spiro atoms. The van der Waals surface area contributed by atoms with E-state index in [0.29, 0.717) is 34.0 Å². The number of carbonyl (C=O) groups excluding carboxylic acids is 2. The van der Waals surface area contributed by atoms with Crippen LogP contribution < -0.4 is 5.32 Å². The Morgan fingerprint density at radius 3 is 2.73 bits per heavy atom. The number of fused-ring (bicyclic) bond motifs is 1. The molecule has 4 rings (SSSR count). The Balaban J connectivity index is 1.51. The van der Waals surface area contributed by atoms with Crippen molar-refractivity contribution in [2.45, 2.75) is 18.2 Å². The number of rotatable bonds is 5. The topological polar surface area (TPSA) is 58.5 Å². The lowest BCUT2D eigenvalue weighted by molar-refractivity contribution is 0.0997. The maximum Gasteiger partial charge on any atom is 0.255 e. The summed E-state index contributed by atoms with van der Waals surface area (Å²) < 4.78 is 0. The maximum absolute atomic E-state index is 12.6. The third-order valence-electron chi connectivity index (χ3n) is 4.79. The molecule has 3 aromatic carbocycles. The summed E-state index contributed by atoms with van der Waals surface area (Å²) in [6.45, 7) is 1.96. The Bertz CT molecular complexity index is 1170. The number of anilines is 1. The van der Waals surface area contributed by atoms with E-state index in [4.69, 9.17) is 16.6 Å². The average molecular weight is 435 g/mol. The summed E-state index contributed by atoms with van der Waals surface area (Å²) in [4.78, 5) is 30.7. The van der Waals surface area contributed by atoms with Gasteiger partial charge in [0.25, 0.3) is 5.91 Å². The van der Waals surface area contributed by atoms with Gasteiger partial charge in [0.2, 0.25) is 0 Å². The van der Waals surface area contributed by atoms with Gasteiger partial charge in [0.1, 0.15) is 0 Å². The van der Waals surface area contributed by atoms with Gasteiger partial charge in [-0.1, -0.05) is 41.9 Å². The van der Waals surface area contributed by atoms with Gasteiger partial charge in [0.05, 0.1) is 17.8 Å². The number of aliphatic imine (C=N–C) groups is 1. The van der Waals surface area contributed by atoms with E-state index in [-0.39, 0.29) is 11.7 Å². The number of ketones is 1. The Labute approximate surface area is 184 Å². The van der Waals surface area contributed by atoms with Crippen molar-refractivity contribution < 1.29 is 9.59 Å². The van der Waals surface area contributed by atoms with Crippen LogP contribution in [0.25, 0.3) is 0 Å². The van der Waals surface area contributed by atoms with E-state index in [0.717, 1.165) is 21.9 Å². The molecule has 6 heteroatoms. The number of Topliss-reactive ketones (excluding diaryl/α,β-unsaturated/α-hetero) is 1. The number of thioether (sulfide) groups is 1. The van der Waals surface area contributed by atoms with Crippen molar-refractivity contribution in [3.05, 3.63) is 88.4 Å². The monoisotopic (exact) mass is 434 g/mol. The van der Waals surface area contributed by atoms with Crippen molar-refractivity contribution in [1.82, 2.24) is 0 Å². The number of aryl methyl sites for hydroxylation is 1. The van der Waals surface area contributed by atoms with Crippen LogP contribution in [-0.2, 0) is 0 Å². The van der Waals surface area contributed by atoms with E-state index in [1.54, 1.807) is 36.0 Å². The third-order valence-corrected chi connectivity index (χ3v) is 6.17. The van der Waals surface area contributed by atoms with Crippen LogP contribution in [0.4, 0.5) is 11.4 Å². The molecule has 150 valence electrons. The SMILES string of the molecule is Cc1cccc2c1N=C(CSc1ccccc1NC(=O)c1cccc(Cl)c1)CC2=O. The fourth-order valence-corrected chi connectivity index (χ4v) is 4.40. The fraction of sp³-hybridized carbons (Fsp3) is 0.125. The minimum absolute atomic E-state index is 0.0989. The lowest BCUT2D eigenvalue weighted by atomic mass is 9.98. The molecule has 0 atom stereocenters. The minimum atomic E-state index is -0.222. The van der Waals surface area contributed by atoms with Gasteiger partial charge >= 0.3 is 0 Å². The summed E-state index contributed by atoms with van der Waals surface area (Å²) >= 11 is 7.55. The first-order valence-corrected chi connectivity index (χ1v) is 10.9. The number of halogens is 1. The van der Waals surface area contributed by atoms with Gasteiger partial charge in [-0.3, -0.25) is 14.6 Å². The highest BCUT2D eigenvalue weighted by atomic mass is 35.5. The number of amides is 1. The predicted octanol–water partition coefficient (Wildman–Crippen LogP) is 6.35.